The summed E-state index contributed by atoms with van der Waals surface area (Å²) < 4.78 is 35.0. The summed E-state index contributed by atoms with van der Waals surface area (Å²) in [5.41, 5.74) is 0.840. The van der Waals surface area contributed by atoms with Gasteiger partial charge in [0.1, 0.15) is 22.3 Å². The molecular weight excluding hydrogens is 346 g/mol. The Labute approximate surface area is 144 Å². The topological polar surface area (TPSA) is 117 Å². The van der Waals surface area contributed by atoms with Gasteiger partial charge in [0, 0.05) is 20.7 Å². The molecule has 0 saturated heterocycles. The lowest BCUT2D eigenvalue weighted by Gasteiger charge is -2.15. The third kappa shape index (κ3) is 3.52. The first-order valence-corrected chi connectivity index (χ1v) is 9.09. The van der Waals surface area contributed by atoms with E-state index in [9.17, 15) is 8.42 Å². The summed E-state index contributed by atoms with van der Waals surface area (Å²) in [4.78, 5) is 1.42. The van der Waals surface area contributed by atoms with Crippen molar-refractivity contribution in [3.63, 3.8) is 0 Å². The maximum Gasteiger partial charge on any atom is 0.243 e. The van der Waals surface area contributed by atoms with Crippen molar-refractivity contribution in [1.82, 2.24) is 34.5 Å². The molecule has 11 heteroatoms. The highest BCUT2D eigenvalue weighted by Gasteiger charge is 2.25. The van der Waals surface area contributed by atoms with Gasteiger partial charge in [0.15, 0.2) is 5.82 Å². The highest BCUT2D eigenvalue weighted by molar-refractivity contribution is 7.89. The van der Waals surface area contributed by atoms with E-state index in [1.165, 1.54) is 10.9 Å². The van der Waals surface area contributed by atoms with Crippen LogP contribution < -0.4 is 4.72 Å². The van der Waals surface area contributed by atoms with Crippen molar-refractivity contribution in [2.24, 2.45) is 7.05 Å². The summed E-state index contributed by atoms with van der Waals surface area (Å²) in [6, 6.07) is 4.28. The molecule has 0 aliphatic rings. The first-order chi connectivity index (χ1) is 11.9. The number of ether oxygens (including phenoxy) is 1. The number of methoxy groups -OCH3 is 1. The lowest BCUT2D eigenvalue weighted by molar-refractivity contribution is 0.185. The van der Waals surface area contributed by atoms with Crippen LogP contribution in [0.1, 0.15) is 18.8 Å². The van der Waals surface area contributed by atoms with Crippen molar-refractivity contribution in [2.75, 3.05) is 13.7 Å². The molecule has 1 unspecified atom stereocenters. The van der Waals surface area contributed by atoms with Crippen LogP contribution in [0.25, 0.3) is 11.0 Å². The molecule has 10 nitrogen and oxygen atoms in total. The Hall–Kier alpha value is -2.37. The smallest absolute Gasteiger partial charge is 0.243 e. The van der Waals surface area contributed by atoms with Gasteiger partial charge in [-0.15, -0.1) is 10.2 Å². The van der Waals surface area contributed by atoms with Gasteiger partial charge < -0.3 is 9.30 Å². The Morgan fingerprint density at radius 1 is 1.32 bits per heavy atom. The van der Waals surface area contributed by atoms with Gasteiger partial charge in [-0.25, -0.2) is 13.1 Å². The molecule has 3 rings (SSSR count). The van der Waals surface area contributed by atoms with Gasteiger partial charge in [-0.05, 0) is 19.1 Å². The Bertz CT molecular complexity index is 979. The molecule has 3 aromatic rings. The van der Waals surface area contributed by atoms with Crippen LogP contribution in [0.5, 0.6) is 0 Å². The number of aryl methyl sites for hydroxylation is 1. The zero-order valence-electron chi connectivity index (χ0n) is 14.1. The molecule has 134 valence electrons. The molecule has 2 heterocycles. The van der Waals surface area contributed by atoms with Crippen LogP contribution in [0.4, 0.5) is 0 Å². The standard InChI is InChI=1S/C14H19N7O3S/c1-10(14-16-15-9-21(14)7-8-24-3)19-25(22,23)12-6-4-5-11-13(12)18-20(2)17-11/h4-6,9-10,19H,7-8H2,1-3H3. The van der Waals surface area contributed by atoms with E-state index in [0.29, 0.717) is 30.0 Å². The number of sulfonamides is 1. The van der Waals surface area contributed by atoms with E-state index in [0.717, 1.165) is 0 Å². The molecule has 0 aliphatic heterocycles. The molecule has 0 saturated carbocycles. The summed E-state index contributed by atoms with van der Waals surface area (Å²) in [5, 5.41) is 16.1. The SMILES string of the molecule is COCCn1cnnc1C(C)NS(=O)(=O)c1cccc2nn(C)nc12. The zero-order chi connectivity index (χ0) is 18.0. The fourth-order valence-corrected chi connectivity index (χ4v) is 3.90. The average Bonchev–Trinajstić information content (AvgIpc) is 3.16. The Morgan fingerprint density at radius 2 is 2.12 bits per heavy atom. The average molecular weight is 365 g/mol. The van der Waals surface area contributed by atoms with E-state index in [1.807, 2.05) is 0 Å². The number of rotatable bonds is 7. The number of nitrogens with zero attached hydrogens (tertiary/aromatic N) is 6. The molecule has 0 radical (unpaired) electrons. The molecule has 0 fully saturated rings. The second kappa shape index (κ2) is 6.86. The summed E-state index contributed by atoms with van der Waals surface area (Å²) in [5.74, 6) is 0.506. The van der Waals surface area contributed by atoms with Crippen molar-refractivity contribution in [2.45, 2.75) is 24.4 Å². The van der Waals surface area contributed by atoms with Crippen LogP contribution in [0.15, 0.2) is 29.4 Å². The highest BCUT2D eigenvalue weighted by atomic mass is 32.2. The van der Waals surface area contributed by atoms with E-state index in [4.69, 9.17) is 4.74 Å². The van der Waals surface area contributed by atoms with E-state index < -0.39 is 16.1 Å². The number of benzene rings is 1. The van der Waals surface area contributed by atoms with Crippen molar-refractivity contribution in [3.05, 3.63) is 30.4 Å². The zero-order valence-corrected chi connectivity index (χ0v) is 14.9. The van der Waals surface area contributed by atoms with Crippen molar-refractivity contribution >= 4 is 21.1 Å². The number of hydrogen-bond donors (Lipinski definition) is 1. The lowest BCUT2D eigenvalue weighted by atomic mass is 10.3. The number of fused-ring (bicyclic) bond motifs is 1. The minimum absolute atomic E-state index is 0.0768. The Kier molecular flexibility index (Phi) is 4.79. The van der Waals surface area contributed by atoms with Crippen LogP contribution >= 0.6 is 0 Å². The molecule has 0 amide bonds. The lowest BCUT2D eigenvalue weighted by Crippen LogP contribution is -2.29. The first-order valence-electron chi connectivity index (χ1n) is 7.61. The van der Waals surface area contributed by atoms with E-state index >= 15 is 0 Å². The van der Waals surface area contributed by atoms with Gasteiger partial charge in [-0.2, -0.15) is 15.0 Å². The number of nitrogens with one attached hydrogen (secondary N) is 1. The quantitative estimate of drug-likeness (QED) is 0.637. The van der Waals surface area contributed by atoms with E-state index in [-0.39, 0.29) is 4.90 Å². The predicted molar refractivity (Wildman–Crippen MR) is 89.1 cm³/mol. The second-order valence-corrected chi connectivity index (χ2v) is 7.21. The van der Waals surface area contributed by atoms with Gasteiger partial charge in [0.25, 0.3) is 0 Å². The fraction of sp³-hybridized carbons (Fsp3) is 0.429. The van der Waals surface area contributed by atoms with Crippen molar-refractivity contribution in [1.29, 1.82) is 0 Å². The summed E-state index contributed by atoms with van der Waals surface area (Å²) in [6.45, 7) is 2.72. The molecule has 1 atom stereocenters. The van der Waals surface area contributed by atoms with Gasteiger partial charge in [0.2, 0.25) is 10.0 Å². The summed E-state index contributed by atoms with van der Waals surface area (Å²) in [7, 11) is -0.576. The van der Waals surface area contributed by atoms with Crippen LogP contribution in [0.2, 0.25) is 0 Å². The van der Waals surface area contributed by atoms with Crippen LogP contribution in [-0.2, 0) is 28.4 Å². The second-order valence-electron chi connectivity index (χ2n) is 5.53. The highest BCUT2D eigenvalue weighted by Crippen LogP contribution is 2.21. The van der Waals surface area contributed by atoms with Gasteiger partial charge in [0.05, 0.1) is 12.6 Å². The van der Waals surface area contributed by atoms with Gasteiger partial charge >= 0.3 is 0 Å². The van der Waals surface area contributed by atoms with E-state index in [2.05, 4.69) is 25.1 Å². The van der Waals surface area contributed by atoms with Gasteiger partial charge in [-0.3, -0.25) is 0 Å². The van der Waals surface area contributed by atoms with Crippen molar-refractivity contribution in [3.8, 4) is 0 Å². The van der Waals surface area contributed by atoms with Gasteiger partial charge in [-0.1, -0.05) is 6.07 Å². The largest absolute Gasteiger partial charge is 0.383 e. The summed E-state index contributed by atoms with van der Waals surface area (Å²) >= 11 is 0. The molecule has 1 N–H and O–H groups in total. The maximum absolute atomic E-state index is 12.8. The predicted octanol–water partition coefficient (Wildman–Crippen LogP) is 0.246. The fourth-order valence-electron chi connectivity index (χ4n) is 2.54. The Balaban J connectivity index is 1.89. The number of hydrogen-bond acceptors (Lipinski definition) is 7. The molecule has 0 aliphatic carbocycles. The molecule has 1 aromatic carbocycles. The number of aromatic nitrogens is 6. The Morgan fingerprint density at radius 3 is 2.88 bits per heavy atom. The molecule has 0 spiro atoms. The molecule has 0 bridgehead atoms. The molecule has 25 heavy (non-hydrogen) atoms. The minimum Gasteiger partial charge on any atom is -0.383 e. The first kappa shape index (κ1) is 17.5. The van der Waals surface area contributed by atoms with Crippen LogP contribution in [0, 0.1) is 0 Å². The molecular formula is C14H19N7O3S. The molecule has 2 aromatic heterocycles. The summed E-state index contributed by atoms with van der Waals surface area (Å²) in [6.07, 6.45) is 1.54. The van der Waals surface area contributed by atoms with Crippen molar-refractivity contribution < 1.29 is 13.2 Å². The van der Waals surface area contributed by atoms with Crippen LogP contribution in [-0.4, -0.2) is 51.9 Å². The van der Waals surface area contributed by atoms with Crippen LogP contribution in [0.3, 0.4) is 0 Å². The van der Waals surface area contributed by atoms with E-state index in [1.54, 1.807) is 44.1 Å². The monoisotopic (exact) mass is 365 g/mol. The third-order valence-corrected chi connectivity index (χ3v) is 5.24. The maximum atomic E-state index is 12.8. The minimum atomic E-state index is -3.81. The third-order valence-electron chi connectivity index (χ3n) is 3.67. The normalized spacial score (nSPS) is 13.4.